The predicted molar refractivity (Wildman–Crippen MR) is 80.5 cm³/mol. The predicted octanol–water partition coefficient (Wildman–Crippen LogP) is 1.69. The van der Waals surface area contributed by atoms with Gasteiger partial charge in [-0.15, -0.1) is 0 Å². The Bertz CT molecular complexity index is 593. The third-order valence-electron chi connectivity index (χ3n) is 2.44. The molecular formula is C15H12NOSeTe. The number of carbonyl (C=O) groups excluding carboxylic acids is 1. The summed E-state index contributed by atoms with van der Waals surface area (Å²) in [5, 5.41) is 0. The SMILES string of the molecule is Cc1ccc(C(=O)N=C([Se])[Te]c2ccccc2)cc1. The Morgan fingerprint density at radius 1 is 1.05 bits per heavy atom. The van der Waals surface area contributed by atoms with Crippen molar-refractivity contribution in [3.8, 4) is 0 Å². The summed E-state index contributed by atoms with van der Waals surface area (Å²) in [5.74, 6) is -0.171. The summed E-state index contributed by atoms with van der Waals surface area (Å²) in [5.41, 5.74) is 1.78. The summed E-state index contributed by atoms with van der Waals surface area (Å²) in [6.45, 7) is 2.00. The van der Waals surface area contributed by atoms with Crippen LogP contribution < -0.4 is 3.61 Å². The quantitative estimate of drug-likeness (QED) is 0.540. The summed E-state index contributed by atoms with van der Waals surface area (Å²) in [6.07, 6.45) is 0. The van der Waals surface area contributed by atoms with Gasteiger partial charge in [-0.3, -0.25) is 0 Å². The summed E-state index contributed by atoms with van der Waals surface area (Å²) in [4.78, 5) is 16.1. The summed E-state index contributed by atoms with van der Waals surface area (Å²) in [6, 6.07) is 17.6. The van der Waals surface area contributed by atoms with Crippen LogP contribution in [0.15, 0.2) is 59.6 Å². The first-order valence-corrected chi connectivity index (χ1v) is 8.93. The van der Waals surface area contributed by atoms with Crippen molar-refractivity contribution in [3.63, 3.8) is 0 Å². The number of nitrogens with zero attached hydrogens (tertiary/aromatic N) is 1. The Kier molecular flexibility index (Phi) is 5.36. The molecule has 0 aliphatic rings. The van der Waals surface area contributed by atoms with Crippen molar-refractivity contribution in [1.82, 2.24) is 0 Å². The first-order chi connectivity index (χ1) is 9.15. The van der Waals surface area contributed by atoms with Crippen LogP contribution >= 0.6 is 0 Å². The Morgan fingerprint density at radius 2 is 1.68 bits per heavy atom. The summed E-state index contributed by atoms with van der Waals surface area (Å²) >= 11 is 2.34. The van der Waals surface area contributed by atoms with E-state index in [1.165, 1.54) is 3.61 Å². The van der Waals surface area contributed by atoms with Crippen molar-refractivity contribution in [2.45, 2.75) is 6.92 Å². The van der Waals surface area contributed by atoms with Crippen molar-refractivity contribution >= 4 is 49.1 Å². The second-order valence-electron chi connectivity index (χ2n) is 3.96. The van der Waals surface area contributed by atoms with E-state index in [2.05, 4.69) is 33.1 Å². The van der Waals surface area contributed by atoms with Crippen LogP contribution in [0.25, 0.3) is 0 Å². The number of aliphatic imine (C=N–C) groups is 1. The minimum atomic E-state index is -0.584. The Balaban J connectivity index is 2.08. The molecule has 4 heteroatoms. The molecule has 0 aliphatic heterocycles. The monoisotopic (exact) mass is 432 g/mol. The van der Waals surface area contributed by atoms with Gasteiger partial charge in [0.2, 0.25) is 0 Å². The number of aryl methyl sites for hydroxylation is 1. The molecule has 0 heterocycles. The summed E-state index contributed by atoms with van der Waals surface area (Å²) in [7, 11) is 0. The molecule has 0 saturated heterocycles. The van der Waals surface area contributed by atoms with Crippen LogP contribution in [0.3, 0.4) is 0 Å². The fourth-order valence-electron chi connectivity index (χ4n) is 1.46. The fourth-order valence-corrected chi connectivity index (χ4v) is 4.76. The molecule has 0 spiro atoms. The van der Waals surface area contributed by atoms with Crippen LogP contribution in [0.1, 0.15) is 15.9 Å². The van der Waals surface area contributed by atoms with E-state index in [0.717, 1.165) is 8.22 Å². The molecule has 0 N–H and O–H groups in total. The van der Waals surface area contributed by atoms with E-state index in [-0.39, 0.29) is 5.91 Å². The van der Waals surface area contributed by atoms with Gasteiger partial charge in [0.15, 0.2) is 0 Å². The van der Waals surface area contributed by atoms with Crippen molar-refractivity contribution in [2.24, 2.45) is 4.99 Å². The van der Waals surface area contributed by atoms with Crippen molar-refractivity contribution in [1.29, 1.82) is 0 Å². The molecule has 0 aromatic heterocycles. The number of benzene rings is 2. The summed E-state index contributed by atoms with van der Waals surface area (Å²) < 4.78 is 2.10. The first kappa shape index (κ1) is 14.5. The normalized spacial score (nSPS) is 11.3. The molecule has 0 atom stereocenters. The maximum absolute atomic E-state index is 12.0. The molecule has 2 rings (SSSR count). The number of carbonyl (C=O) groups is 1. The number of amides is 1. The van der Waals surface area contributed by atoms with Gasteiger partial charge in [0.1, 0.15) is 0 Å². The first-order valence-electron chi connectivity index (χ1n) is 5.75. The maximum atomic E-state index is 12.0. The van der Waals surface area contributed by atoms with Gasteiger partial charge in [0.05, 0.1) is 0 Å². The van der Waals surface area contributed by atoms with Crippen molar-refractivity contribution in [3.05, 3.63) is 65.7 Å². The number of rotatable bonds is 3. The molecule has 0 fully saturated rings. The van der Waals surface area contributed by atoms with Gasteiger partial charge in [0.25, 0.3) is 0 Å². The van der Waals surface area contributed by atoms with Gasteiger partial charge in [-0.1, -0.05) is 0 Å². The topological polar surface area (TPSA) is 29.4 Å². The Morgan fingerprint density at radius 3 is 2.32 bits per heavy atom. The second kappa shape index (κ2) is 7.03. The van der Waals surface area contributed by atoms with E-state index >= 15 is 0 Å². The molecule has 19 heavy (non-hydrogen) atoms. The molecule has 1 radical (unpaired) electrons. The fraction of sp³-hybridized carbons (Fsp3) is 0.0667. The van der Waals surface area contributed by atoms with Gasteiger partial charge < -0.3 is 0 Å². The van der Waals surface area contributed by atoms with Crippen LogP contribution in [-0.4, -0.2) is 45.5 Å². The minimum absolute atomic E-state index is 0.171. The van der Waals surface area contributed by atoms with Gasteiger partial charge >= 0.3 is 132 Å². The Hall–Kier alpha value is -0.911. The average Bonchev–Trinajstić information content (AvgIpc) is 2.40. The van der Waals surface area contributed by atoms with Crippen molar-refractivity contribution in [2.75, 3.05) is 0 Å². The molecular weight excluding hydrogens is 417 g/mol. The molecule has 2 aromatic carbocycles. The van der Waals surface area contributed by atoms with E-state index in [9.17, 15) is 4.79 Å². The van der Waals surface area contributed by atoms with Gasteiger partial charge in [-0.2, -0.15) is 0 Å². The molecule has 95 valence electrons. The molecule has 0 unspecified atom stereocenters. The zero-order valence-electron chi connectivity index (χ0n) is 10.4. The third kappa shape index (κ3) is 4.60. The van der Waals surface area contributed by atoms with E-state index in [1.807, 2.05) is 49.4 Å². The van der Waals surface area contributed by atoms with E-state index in [0.29, 0.717) is 5.56 Å². The van der Waals surface area contributed by atoms with E-state index in [4.69, 9.17) is 0 Å². The molecule has 2 aromatic rings. The average molecular weight is 429 g/mol. The number of hydrogen-bond donors (Lipinski definition) is 0. The van der Waals surface area contributed by atoms with Gasteiger partial charge in [-0.05, 0) is 0 Å². The van der Waals surface area contributed by atoms with Crippen LogP contribution in [-0.2, 0) is 0 Å². The standard InChI is InChI=1S/C15H12NOSeTe/c1-11-7-9-12(10-8-11)14(17)16-15(18)19-13-5-3-2-4-6-13/h2-10H,1H3. The Labute approximate surface area is 131 Å². The molecule has 0 aliphatic carbocycles. The zero-order chi connectivity index (χ0) is 13.7. The second-order valence-corrected chi connectivity index (χ2v) is 9.62. The zero-order valence-corrected chi connectivity index (χ0v) is 14.4. The van der Waals surface area contributed by atoms with Crippen LogP contribution in [0, 0.1) is 6.92 Å². The van der Waals surface area contributed by atoms with Crippen molar-refractivity contribution < 1.29 is 4.79 Å². The van der Waals surface area contributed by atoms with Crippen LogP contribution in [0.5, 0.6) is 0 Å². The van der Waals surface area contributed by atoms with Gasteiger partial charge in [-0.25, -0.2) is 0 Å². The van der Waals surface area contributed by atoms with Crippen LogP contribution in [0.2, 0.25) is 0 Å². The molecule has 0 bridgehead atoms. The third-order valence-corrected chi connectivity index (χ3v) is 6.01. The molecule has 0 saturated carbocycles. The molecule has 2 nitrogen and oxygen atoms in total. The van der Waals surface area contributed by atoms with E-state index in [1.54, 1.807) is 0 Å². The van der Waals surface area contributed by atoms with E-state index < -0.39 is 20.9 Å². The van der Waals surface area contributed by atoms with Crippen LogP contribution in [0.4, 0.5) is 0 Å². The number of hydrogen-bond acceptors (Lipinski definition) is 1. The van der Waals surface area contributed by atoms with Gasteiger partial charge in [0, 0.05) is 0 Å². The molecule has 1 amide bonds.